The largest absolute Gasteiger partial charge is 0.380 e. The number of methoxy groups -OCH3 is 1. The zero-order valence-corrected chi connectivity index (χ0v) is 8.40. The smallest absolute Gasteiger partial charge is 0.0949 e. The van der Waals surface area contributed by atoms with Crippen LogP contribution in [0.1, 0.15) is 25.6 Å². The molecule has 2 unspecified atom stereocenters. The first kappa shape index (κ1) is 10.2. The van der Waals surface area contributed by atoms with E-state index in [4.69, 9.17) is 10.5 Å². The molecule has 2 atom stereocenters. The molecule has 1 heterocycles. The fourth-order valence-electron chi connectivity index (χ4n) is 1.21. The van der Waals surface area contributed by atoms with E-state index in [2.05, 4.69) is 4.98 Å². The Morgan fingerprint density at radius 2 is 2.31 bits per heavy atom. The van der Waals surface area contributed by atoms with E-state index in [1.54, 1.807) is 19.6 Å². The van der Waals surface area contributed by atoms with Crippen LogP contribution in [0.25, 0.3) is 0 Å². The van der Waals surface area contributed by atoms with E-state index in [0.717, 1.165) is 12.2 Å². The fourth-order valence-corrected chi connectivity index (χ4v) is 1.21. The number of ether oxygens (including phenoxy) is 1. The molecule has 0 saturated carbocycles. The Balaban J connectivity index is 2.70. The average molecular weight is 183 g/mol. The van der Waals surface area contributed by atoms with Crippen LogP contribution in [-0.2, 0) is 11.3 Å². The van der Waals surface area contributed by atoms with E-state index in [1.165, 1.54) is 0 Å². The monoisotopic (exact) mass is 183 g/mol. The first-order chi connectivity index (χ1) is 6.15. The predicted octanol–water partition coefficient (Wildman–Crippen LogP) is 0.938. The molecule has 0 saturated heterocycles. The van der Waals surface area contributed by atoms with Gasteiger partial charge in [0, 0.05) is 25.9 Å². The van der Waals surface area contributed by atoms with Crippen molar-refractivity contribution in [2.24, 2.45) is 5.73 Å². The van der Waals surface area contributed by atoms with Crippen molar-refractivity contribution in [2.75, 3.05) is 7.11 Å². The third kappa shape index (κ3) is 2.54. The Bertz CT molecular complexity index is 257. The highest BCUT2D eigenvalue weighted by Crippen LogP contribution is 2.09. The number of imidazole rings is 1. The fraction of sp³-hybridized carbons (Fsp3) is 0.667. The summed E-state index contributed by atoms with van der Waals surface area (Å²) in [5.74, 6) is 0. The molecule has 13 heavy (non-hydrogen) atoms. The average Bonchev–Trinajstić information content (AvgIpc) is 2.52. The minimum Gasteiger partial charge on any atom is -0.380 e. The highest BCUT2D eigenvalue weighted by molar-refractivity contribution is 5.03. The second-order valence-electron chi connectivity index (χ2n) is 3.31. The number of rotatable bonds is 4. The van der Waals surface area contributed by atoms with Gasteiger partial charge in [0.2, 0.25) is 0 Å². The molecule has 1 rings (SSSR count). The molecule has 0 amide bonds. The van der Waals surface area contributed by atoms with Gasteiger partial charge in [-0.3, -0.25) is 0 Å². The van der Waals surface area contributed by atoms with Crippen molar-refractivity contribution < 1.29 is 4.74 Å². The second-order valence-corrected chi connectivity index (χ2v) is 3.31. The summed E-state index contributed by atoms with van der Waals surface area (Å²) in [5, 5.41) is 0. The zero-order valence-electron chi connectivity index (χ0n) is 8.40. The normalized spacial score (nSPS) is 15.7. The lowest BCUT2D eigenvalue weighted by atomic mass is 10.2. The summed E-state index contributed by atoms with van der Waals surface area (Å²) >= 11 is 0. The van der Waals surface area contributed by atoms with Gasteiger partial charge in [-0.25, -0.2) is 4.98 Å². The molecular weight excluding hydrogens is 166 g/mol. The molecule has 0 bridgehead atoms. The molecule has 0 radical (unpaired) electrons. The molecule has 0 aromatic carbocycles. The van der Waals surface area contributed by atoms with Gasteiger partial charge in [-0.15, -0.1) is 0 Å². The van der Waals surface area contributed by atoms with Crippen LogP contribution in [0.4, 0.5) is 0 Å². The Kier molecular flexibility index (Phi) is 3.45. The van der Waals surface area contributed by atoms with Crippen LogP contribution in [0.5, 0.6) is 0 Å². The molecule has 4 heteroatoms. The Morgan fingerprint density at radius 1 is 1.62 bits per heavy atom. The maximum absolute atomic E-state index is 5.77. The first-order valence-electron chi connectivity index (χ1n) is 4.43. The topological polar surface area (TPSA) is 53.1 Å². The molecule has 0 aliphatic rings. The first-order valence-corrected chi connectivity index (χ1v) is 4.43. The van der Waals surface area contributed by atoms with Crippen LogP contribution in [-0.4, -0.2) is 22.8 Å². The lowest BCUT2D eigenvalue weighted by molar-refractivity contribution is 0.102. The van der Waals surface area contributed by atoms with Gasteiger partial charge < -0.3 is 15.0 Å². The molecule has 1 aromatic heterocycles. The maximum Gasteiger partial charge on any atom is 0.0949 e. The molecule has 0 aliphatic carbocycles. The Hall–Kier alpha value is -0.870. The Labute approximate surface area is 78.7 Å². The summed E-state index contributed by atoms with van der Waals surface area (Å²) in [7, 11) is 1.70. The van der Waals surface area contributed by atoms with Crippen LogP contribution in [0.15, 0.2) is 12.5 Å². The van der Waals surface area contributed by atoms with E-state index < -0.39 is 0 Å². The number of aromatic nitrogens is 2. The molecule has 2 N–H and O–H groups in total. The van der Waals surface area contributed by atoms with Gasteiger partial charge in [0.15, 0.2) is 0 Å². The summed E-state index contributed by atoms with van der Waals surface area (Å²) < 4.78 is 7.20. The SMILES string of the molecule is COC(C)Cn1cncc1C(C)N. The van der Waals surface area contributed by atoms with Crippen molar-refractivity contribution >= 4 is 0 Å². The van der Waals surface area contributed by atoms with Gasteiger partial charge >= 0.3 is 0 Å². The van der Waals surface area contributed by atoms with Crippen molar-refractivity contribution in [3.05, 3.63) is 18.2 Å². The van der Waals surface area contributed by atoms with Gasteiger partial charge in [-0.05, 0) is 13.8 Å². The molecular formula is C9H17N3O. The lowest BCUT2D eigenvalue weighted by Crippen LogP contribution is -2.18. The summed E-state index contributed by atoms with van der Waals surface area (Å²) in [5.41, 5.74) is 6.82. The Morgan fingerprint density at radius 3 is 2.85 bits per heavy atom. The quantitative estimate of drug-likeness (QED) is 0.755. The third-order valence-electron chi connectivity index (χ3n) is 2.07. The van der Waals surface area contributed by atoms with E-state index >= 15 is 0 Å². The third-order valence-corrected chi connectivity index (χ3v) is 2.07. The number of hydrogen-bond acceptors (Lipinski definition) is 3. The highest BCUT2D eigenvalue weighted by Gasteiger charge is 2.08. The van der Waals surface area contributed by atoms with Gasteiger partial charge in [-0.2, -0.15) is 0 Å². The van der Waals surface area contributed by atoms with E-state index in [9.17, 15) is 0 Å². The number of nitrogens with zero attached hydrogens (tertiary/aromatic N) is 2. The molecule has 0 fully saturated rings. The number of nitrogens with two attached hydrogens (primary N) is 1. The zero-order chi connectivity index (χ0) is 9.84. The van der Waals surface area contributed by atoms with Crippen LogP contribution >= 0.6 is 0 Å². The molecule has 4 nitrogen and oxygen atoms in total. The van der Waals surface area contributed by atoms with Crippen LogP contribution in [0.3, 0.4) is 0 Å². The van der Waals surface area contributed by atoms with Gasteiger partial charge in [-0.1, -0.05) is 0 Å². The second kappa shape index (κ2) is 4.39. The molecule has 0 aliphatic heterocycles. The summed E-state index contributed by atoms with van der Waals surface area (Å²) in [6.07, 6.45) is 3.77. The maximum atomic E-state index is 5.77. The molecule has 0 spiro atoms. The van der Waals surface area contributed by atoms with Crippen molar-refractivity contribution in [3.8, 4) is 0 Å². The molecule has 74 valence electrons. The lowest BCUT2D eigenvalue weighted by Gasteiger charge is -2.14. The van der Waals surface area contributed by atoms with Crippen LogP contribution < -0.4 is 5.73 Å². The van der Waals surface area contributed by atoms with Crippen molar-refractivity contribution in [1.29, 1.82) is 0 Å². The predicted molar refractivity (Wildman–Crippen MR) is 51.3 cm³/mol. The van der Waals surface area contributed by atoms with Gasteiger partial charge in [0.05, 0.1) is 18.1 Å². The summed E-state index contributed by atoms with van der Waals surface area (Å²) in [6.45, 7) is 4.77. The summed E-state index contributed by atoms with van der Waals surface area (Å²) in [6, 6.07) is 0.0200. The number of hydrogen-bond donors (Lipinski definition) is 1. The van der Waals surface area contributed by atoms with Crippen LogP contribution in [0.2, 0.25) is 0 Å². The highest BCUT2D eigenvalue weighted by atomic mass is 16.5. The standard InChI is InChI=1S/C9H17N3O/c1-7(13-3)5-12-6-11-4-9(12)8(2)10/h4,6-8H,5,10H2,1-3H3. The minimum atomic E-state index is 0.0200. The van der Waals surface area contributed by atoms with Gasteiger partial charge in [0.25, 0.3) is 0 Å². The minimum absolute atomic E-state index is 0.0200. The van der Waals surface area contributed by atoms with Crippen LogP contribution in [0, 0.1) is 0 Å². The van der Waals surface area contributed by atoms with E-state index in [1.807, 2.05) is 18.4 Å². The van der Waals surface area contributed by atoms with Crippen molar-refractivity contribution in [2.45, 2.75) is 32.5 Å². The van der Waals surface area contributed by atoms with E-state index in [0.29, 0.717) is 0 Å². The summed E-state index contributed by atoms with van der Waals surface area (Å²) in [4.78, 5) is 4.06. The van der Waals surface area contributed by atoms with Crippen molar-refractivity contribution in [1.82, 2.24) is 9.55 Å². The van der Waals surface area contributed by atoms with Crippen molar-refractivity contribution in [3.63, 3.8) is 0 Å². The molecule has 1 aromatic rings. The van der Waals surface area contributed by atoms with E-state index in [-0.39, 0.29) is 12.1 Å². The van der Waals surface area contributed by atoms with Gasteiger partial charge in [0.1, 0.15) is 0 Å².